The molecular weight excluding hydrogens is 328 g/mol. The molecule has 0 fully saturated rings. The molecule has 2 N–H and O–H groups in total. The van der Waals surface area contributed by atoms with Crippen LogP contribution < -0.4 is 10.9 Å². The Hall–Kier alpha value is -1.74. The van der Waals surface area contributed by atoms with E-state index < -0.39 is 0 Å². The Morgan fingerprint density at radius 1 is 1.50 bits per heavy atom. The molecule has 0 bridgehead atoms. The Morgan fingerprint density at radius 2 is 2.30 bits per heavy atom. The van der Waals surface area contributed by atoms with Crippen LogP contribution in [0.4, 0.5) is 5.69 Å². The zero-order chi connectivity index (χ0) is 14.5. The minimum atomic E-state index is -0.278. The molecule has 0 amide bonds. The summed E-state index contributed by atoms with van der Waals surface area (Å²) in [5.74, 6) is 0.734. The van der Waals surface area contributed by atoms with Gasteiger partial charge in [0.15, 0.2) is 5.82 Å². The van der Waals surface area contributed by atoms with E-state index in [4.69, 9.17) is 5.11 Å². The Kier molecular flexibility index (Phi) is 4.85. The van der Waals surface area contributed by atoms with Gasteiger partial charge < -0.3 is 10.4 Å². The van der Waals surface area contributed by atoms with Crippen molar-refractivity contribution in [1.82, 2.24) is 24.5 Å². The molecule has 0 spiro atoms. The second-order valence-electron chi connectivity index (χ2n) is 4.14. The molecule has 0 atom stereocenters. The van der Waals surface area contributed by atoms with E-state index in [9.17, 15) is 4.79 Å². The van der Waals surface area contributed by atoms with Gasteiger partial charge in [-0.15, -0.1) is 0 Å². The van der Waals surface area contributed by atoms with Crippen LogP contribution in [-0.2, 0) is 20.0 Å². The minimum Gasteiger partial charge on any atom is -0.394 e. The van der Waals surface area contributed by atoms with Crippen LogP contribution in [0, 0.1) is 0 Å². The highest BCUT2D eigenvalue weighted by molar-refractivity contribution is 9.10. The van der Waals surface area contributed by atoms with Gasteiger partial charge in [0.1, 0.15) is 10.8 Å². The lowest BCUT2D eigenvalue weighted by Gasteiger charge is -2.09. The molecule has 108 valence electrons. The molecule has 2 heterocycles. The van der Waals surface area contributed by atoms with Crippen LogP contribution in [0.1, 0.15) is 5.82 Å². The van der Waals surface area contributed by atoms with Crippen LogP contribution in [0.5, 0.6) is 0 Å². The van der Waals surface area contributed by atoms with E-state index in [1.165, 1.54) is 4.68 Å². The van der Waals surface area contributed by atoms with Gasteiger partial charge in [-0.2, -0.15) is 10.2 Å². The lowest BCUT2D eigenvalue weighted by molar-refractivity contribution is 0.266. The summed E-state index contributed by atoms with van der Waals surface area (Å²) in [6.07, 6.45) is 3.84. The summed E-state index contributed by atoms with van der Waals surface area (Å²) < 4.78 is 3.24. The number of hydrogen-bond donors (Lipinski definition) is 2. The van der Waals surface area contributed by atoms with Crippen LogP contribution in [0.2, 0.25) is 0 Å². The number of hydrogen-bond acceptors (Lipinski definition) is 6. The summed E-state index contributed by atoms with van der Waals surface area (Å²) in [5.41, 5.74) is 0.333. The Bertz CT molecular complexity index is 638. The maximum atomic E-state index is 11.9. The predicted molar refractivity (Wildman–Crippen MR) is 76.5 cm³/mol. The van der Waals surface area contributed by atoms with Crippen LogP contribution in [-0.4, -0.2) is 42.8 Å². The van der Waals surface area contributed by atoms with Crippen molar-refractivity contribution in [2.45, 2.75) is 13.0 Å². The topological polar surface area (TPSA) is 97.9 Å². The van der Waals surface area contributed by atoms with Gasteiger partial charge in [0.2, 0.25) is 0 Å². The third-order valence-corrected chi connectivity index (χ3v) is 3.37. The number of halogens is 1. The number of aliphatic hydroxyl groups is 1. The summed E-state index contributed by atoms with van der Waals surface area (Å²) in [6.45, 7) is 0.640. The second-order valence-corrected chi connectivity index (χ2v) is 4.93. The largest absolute Gasteiger partial charge is 0.394 e. The van der Waals surface area contributed by atoms with Gasteiger partial charge in [-0.25, -0.2) is 9.67 Å². The van der Waals surface area contributed by atoms with Crippen LogP contribution in [0.15, 0.2) is 21.8 Å². The standard InChI is InChI=1S/C11H15BrN6O2/c1-17-7-14-9(16-17)2-3-13-8-6-15-18(4-5-19)11(20)10(8)12/h6-7,13,19H,2-5H2,1H3. The Morgan fingerprint density at radius 3 is 2.95 bits per heavy atom. The first-order valence-electron chi connectivity index (χ1n) is 6.06. The minimum absolute atomic E-state index is 0.128. The van der Waals surface area contributed by atoms with E-state index in [2.05, 4.69) is 36.4 Å². The highest BCUT2D eigenvalue weighted by atomic mass is 79.9. The number of aryl methyl sites for hydroxylation is 1. The summed E-state index contributed by atoms with van der Waals surface area (Å²) >= 11 is 3.24. The summed E-state index contributed by atoms with van der Waals surface area (Å²) in [4.78, 5) is 16.0. The van der Waals surface area contributed by atoms with Gasteiger partial charge >= 0.3 is 0 Å². The first-order valence-corrected chi connectivity index (χ1v) is 6.86. The lowest BCUT2D eigenvalue weighted by atomic mass is 10.4. The Labute approximate surface area is 123 Å². The van der Waals surface area contributed by atoms with Gasteiger partial charge in [0.25, 0.3) is 5.56 Å². The molecule has 8 nitrogen and oxygen atoms in total. The van der Waals surface area contributed by atoms with E-state index in [1.807, 2.05) is 7.05 Å². The molecule has 0 radical (unpaired) electrons. The molecule has 0 saturated carbocycles. The normalized spacial score (nSPS) is 10.8. The average molecular weight is 343 g/mol. The van der Waals surface area contributed by atoms with E-state index in [0.717, 1.165) is 5.82 Å². The number of rotatable bonds is 6. The van der Waals surface area contributed by atoms with Crippen molar-refractivity contribution in [2.75, 3.05) is 18.5 Å². The van der Waals surface area contributed by atoms with E-state index in [1.54, 1.807) is 17.2 Å². The second kappa shape index (κ2) is 6.62. The maximum absolute atomic E-state index is 11.9. The highest BCUT2D eigenvalue weighted by Crippen LogP contribution is 2.15. The third-order valence-electron chi connectivity index (χ3n) is 2.61. The highest BCUT2D eigenvalue weighted by Gasteiger charge is 2.08. The van der Waals surface area contributed by atoms with Gasteiger partial charge in [-0.05, 0) is 15.9 Å². The van der Waals surface area contributed by atoms with E-state index in [0.29, 0.717) is 23.1 Å². The molecule has 9 heteroatoms. The van der Waals surface area contributed by atoms with Gasteiger partial charge in [-0.1, -0.05) is 0 Å². The van der Waals surface area contributed by atoms with E-state index >= 15 is 0 Å². The lowest BCUT2D eigenvalue weighted by Crippen LogP contribution is -2.26. The first-order chi connectivity index (χ1) is 9.61. The summed E-state index contributed by atoms with van der Waals surface area (Å²) in [7, 11) is 1.81. The van der Waals surface area contributed by atoms with Crippen molar-refractivity contribution < 1.29 is 5.11 Å². The van der Waals surface area contributed by atoms with Crippen LogP contribution in [0.3, 0.4) is 0 Å². The fourth-order valence-corrected chi connectivity index (χ4v) is 2.10. The molecule has 2 rings (SSSR count). The van der Waals surface area contributed by atoms with Gasteiger partial charge in [-0.3, -0.25) is 9.48 Å². The number of aliphatic hydroxyl groups excluding tert-OH is 1. The monoisotopic (exact) mass is 342 g/mol. The summed E-state index contributed by atoms with van der Waals surface area (Å²) in [6, 6.07) is 0. The van der Waals surface area contributed by atoms with Crippen LogP contribution in [0.25, 0.3) is 0 Å². The molecule has 0 aliphatic carbocycles. The maximum Gasteiger partial charge on any atom is 0.283 e. The SMILES string of the molecule is Cn1cnc(CCNc2cnn(CCO)c(=O)c2Br)n1. The first kappa shape index (κ1) is 14.7. The van der Waals surface area contributed by atoms with Crippen molar-refractivity contribution in [2.24, 2.45) is 7.05 Å². The van der Waals surface area contributed by atoms with Gasteiger partial charge in [0, 0.05) is 20.0 Å². The average Bonchev–Trinajstić information content (AvgIpc) is 2.84. The van der Waals surface area contributed by atoms with Crippen molar-refractivity contribution in [3.8, 4) is 0 Å². The van der Waals surface area contributed by atoms with E-state index in [-0.39, 0.29) is 18.7 Å². The number of nitrogens with zero attached hydrogens (tertiary/aromatic N) is 5. The zero-order valence-corrected chi connectivity index (χ0v) is 12.5. The zero-order valence-electron chi connectivity index (χ0n) is 11.0. The predicted octanol–water partition coefficient (Wildman–Crippen LogP) is -0.219. The molecule has 0 aliphatic rings. The van der Waals surface area contributed by atoms with Crippen LogP contribution >= 0.6 is 15.9 Å². The number of anilines is 1. The molecule has 0 aliphatic heterocycles. The smallest absolute Gasteiger partial charge is 0.283 e. The fraction of sp³-hybridized carbons (Fsp3) is 0.455. The third kappa shape index (κ3) is 3.42. The number of aromatic nitrogens is 5. The van der Waals surface area contributed by atoms with Crippen molar-refractivity contribution in [3.63, 3.8) is 0 Å². The van der Waals surface area contributed by atoms with Crippen molar-refractivity contribution in [1.29, 1.82) is 0 Å². The molecule has 0 unspecified atom stereocenters. The Balaban J connectivity index is 1.99. The number of nitrogens with one attached hydrogen (secondary N) is 1. The molecule has 20 heavy (non-hydrogen) atoms. The van der Waals surface area contributed by atoms with Crippen molar-refractivity contribution in [3.05, 3.63) is 33.2 Å². The molecule has 0 aromatic carbocycles. The quantitative estimate of drug-likeness (QED) is 0.753. The summed E-state index contributed by atoms with van der Waals surface area (Å²) in [5, 5.41) is 20.1. The van der Waals surface area contributed by atoms with Crippen molar-refractivity contribution >= 4 is 21.6 Å². The molecule has 0 saturated heterocycles. The molecule has 2 aromatic rings. The molecular formula is C11H15BrN6O2. The van der Waals surface area contributed by atoms with Gasteiger partial charge in [0.05, 0.1) is 25.0 Å². The molecule has 2 aromatic heterocycles. The fourth-order valence-electron chi connectivity index (χ4n) is 1.65.